The average Bonchev–Trinajstić information content (AvgIpc) is 3.09. The van der Waals surface area contributed by atoms with Crippen molar-refractivity contribution in [3.05, 3.63) is 29.5 Å². The molecule has 0 unspecified atom stereocenters. The fourth-order valence-corrected chi connectivity index (χ4v) is 4.03. The molecule has 1 aromatic heterocycles. The van der Waals surface area contributed by atoms with Crippen molar-refractivity contribution in [3.8, 4) is 0 Å². The Kier molecular flexibility index (Phi) is 5.22. The molecule has 6 nitrogen and oxygen atoms in total. The van der Waals surface area contributed by atoms with Gasteiger partial charge in [0, 0.05) is 49.7 Å². The summed E-state index contributed by atoms with van der Waals surface area (Å²) in [6, 6.07) is 5.75. The summed E-state index contributed by atoms with van der Waals surface area (Å²) < 4.78 is 0. The van der Waals surface area contributed by atoms with Gasteiger partial charge in [-0.3, -0.25) is 9.69 Å². The molecule has 0 bridgehead atoms. The molecule has 7 heteroatoms. The van der Waals surface area contributed by atoms with Crippen LogP contribution in [0.3, 0.4) is 0 Å². The van der Waals surface area contributed by atoms with Gasteiger partial charge in [0.25, 0.3) is 0 Å². The Morgan fingerprint density at radius 2 is 1.85 bits per heavy atom. The highest BCUT2D eigenvalue weighted by Crippen LogP contribution is 2.26. The minimum absolute atomic E-state index is 0.276. The van der Waals surface area contributed by atoms with Crippen molar-refractivity contribution in [2.45, 2.75) is 19.3 Å². The zero-order chi connectivity index (χ0) is 17.9. The van der Waals surface area contributed by atoms with E-state index >= 15 is 0 Å². The van der Waals surface area contributed by atoms with Gasteiger partial charge in [0.2, 0.25) is 5.91 Å². The fourth-order valence-electron chi connectivity index (χ4n) is 3.87. The molecule has 0 N–H and O–H groups in total. The van der Waals surface area contributed by atoms with Crippen molar-refractivity contribution >= 4 is 34.2 Å². The Balaban J connectivity index is 1.44. The van der Waals surface area contributed by atoms with E-state index in [1.54, 1.807) is 6.33 Å². The van der Waals surface area contributed by atoms with E-state index in [4.69, 9.17) is 11.6 Å². The van der Waals surface area contributed by atoms with Crippen LogP contribution >= 0.6 is 11.6 Å². The molecule has 2 saturated heterocycles. The van der Waals surface area contributed by atoms with E-state index in [1.165, 1.54) is 0 Å². The molecule has 2 aliphatic rings. The van der Waals surface area contributed by atoms with Gasteiger partial charge in [-0.15, -0.1) is 0 Å². The summed E-state index contributed by atoms with van der Waals surface area (Å²) in [5, 5.41) is 1.71. The normalized spacial score (nSPS) is 19.1. The van der Waals surface area contributed by atoms with Crippen LogP contribution in [0.25, 0.3) is 10.9 Å². The van der Waals surface area contributed by atoms with Crippen molar-refractivity contribution in [1.29, 1.82) is 0 Å². The molecule has 2 fully saturated rings. The highest BCUT2D eigenvalue weighted by Gasteiger charge is 2.23. The second-order valence-corrected chi connectivity index (χ2v) is 7.50. The highest BCUT2D eigenvalue weighted by atomic mass is 35.5. The summed E-state index contributed by atoms with van der Waals surface area (Å²) in [5.74, 6) is 1.23. The molecule has 0 atom stereocenters. The van der Waals surface area contributed by atoms with Gasteiger partial charge in [0.1, 0.15) is 12.1 Å². The molecule has 0 spiro atoms. The predicted octanol–water partition coefficient (Wildman–Crippen LogP) is 2.42. The quantitative estimate of drug-likeness (QED) is 0.827. The number of anilines is 1. The van der Waals surface area contributed by atoms with Gasteiger partial charge >= 0.3 is 0 Å². The number of hydrogen-bond donors (Lipinski definition) is 0. The molecule has 0 aliphatic carbocycles. The first-order chi connectivity index (χ1) is 12.7. The minimum atomic E-state index is 0.276. The second-order valence-electron chi connectivity index (χ2n) is 7.06. The number of hydrogen-bond acceptors (Lipinski definition) is 5. The highest BCUT2D eigenvalue weighted by molar-refractivity contribution is 6.31. The molecule has 1 amide bonds. The SMILES string of the molecule is O=C(CN1CCCN(c2ncnc3cc(Cl)ccc23)CC1)N1CCCC1. The van der Waals surface area contributed by atoms with E-state index in [-0.39, 0.29) is 5.91 Å². The molecular weight excluding hydrogens is 350 g/mol. The largest absolute Gasteiger partial charge is 0.355 e. The maximum atomic E-state index is 12.4. The van der Waals surface area contributed by atoms with Crippen LogP contribution in [0.1, 0.15) is 19.3 Å². The lowest BCUT2D eigenvalue weighted by Crippen LogP contribution is -2.40. The number of benzene rings is 1. The van der Waals surface area contributed by atoms with E-state index in [1.807, 2.05) is 23.1 Å². The number of nitrogens with zero attached hydrogens (tertiary/aromatic N) is 5. The first-order valence-corrected chi connectivity index (χ1v) is 9.74. The maximum absolute atomic E-state index is 12.4. The number of aromatic nitrogens is 2. The summed E-state index contributed by atoms with van der Waals surface area (Å²) in [6.45, 7) is 6.01. The third kappa shape index (κ3) is 3.76. The molecule has 138 valence electrons. The van der Waals surface area contributed by atoms with Crippen molar-refractivity contribution in [3.63, 3.8) is 0 Å². The van der Waals surface area contributed by atoms with Crippen LogP contribution in [-0.4, -0.2) is 71.5 Å². The van der Waals surface area contributed by atoms with E-state index in [0.717, 1.165) is 75.3 Å². The maximum Gasteiger partial charge on any atom is 0.236 e. The average molecular weight is 374 g/mol. The summed E-state index contributed by atoms with van der Waals surface area (Å²) >= 11 is 6.09. The van der Waals surface area contributed by atoms with Crippen LogP contribution in [0.15, 0.2) is 24.5 Å². The molecule has 2 aromatic rings. The van der Waals surface area contributed by atoms with Gasteiger partial charge < -0.3 is 9.80 Å². The zero-order valence-electron chi connectivity index (χ0n) is 14.9. The lowest BCUT2D eigenvalue weighted by atomic mass is 10.2. The smallest absolute Gasteiger partial charge is 0.236 e. The molecule has 0 radical (unpaired) electrons. The minimum Gasteiger partial charge on any atom is -0.355 e. The van der Waals surface area contributed by atoms with Gasteiger partial charge in [0.05, 0.1) is 12.1 Å². The Morgan fingerprint density at radius 3 is 2.69 bits per heavy atom. The van der Waals surface area contributed by atoms with Crippen molar-refractivity contribution in [2.24, 2.45) is 0 Å². The van der Waals surface area contributed by atoms with Crippen LogP contribution < -0.4 is 4.90 Å². The predicted molar refractivity (Wildman–Crippen MR) is 104 cm³/mol. The summed E-state index contributed by atoms with van der Waals surface area (Å²) in [5.41, 5.74) is 0.868. The molecule has 26 heavy (non-hydrogen) atoms. The van der Waals surface area contributed by atoms with Crippen molar-refractivity contribution < 1.29 is 4.79 Å². The molecular formula is C19H24ClN5O. The number of amides is 1. The topological polar surface area (TPSA) is 52.6 Å². The number of fused-ring (bicyclic) bond motifs is 1. The number of halogens is 1. The monoisotopic (exact) mass is 373 g/mol. The van der Waals surface area contributed by atoms with Gasteiger partial charge in [-0.25, -0.2) is 9.97 Å². The van der Waals surface area contributed by atoms with Gasteiger partial charge in [-0.2, -0.15) is 0 Å². The molecule has 1 aromatic carbocycles. The number of rotatable bonds is 3. The number of carbonyl (C=O) groups excluding carboxylic acids is 1. The molecule has 0 saturated carbocycles. The van der Waals surface area contributed by atoms with Crippen molar-refractivity contribution in [1.82, 2.24) is 19.8 Å². The van der Waals surface area contributed by atoms with Crippen LogP contribution in [0.4, 0.5) is 5.82 Å². The van der Waals surface area contributed by atoms with Crippen LogP contribution in [0.2, 0.25) is 5.02 Å². The first kappa shape index (κ1) is 17.5. The fraction of sp³-hybridized carbons (Fsp3) is 0.526. The van der Waals surface area contributed by atoms with Gasteiger partial charge in [-0.05, 0) is 37.5 Å². The Bertz CT molecular complexity index is 793. The summed E-state index contributed by atoms with van der Waals surface area (Å²) in [7, 11) is 0. The zero-order valence-corrected chi connectivity index (χ0v) is 15.7. The third-order valence-corrected chi connectivity index (χ3v) is 5.52. The first-order valence-electron chi connectivity index (χ1n) is 9.36. The Labute approximate surface area is 158 Å². The lowest BCUT2D eigenvalue weighted by molar-refractivity contribution is -0.131. The molecule has 2 aliphatic heterocycles. The van der Waals surface area contributed by atoms with E-state index < -0.39 is 0 Å². The third-order valence-electron chi connectivity index (χ3n) is 5.28. The standard InChI is InChI=1S/C19H24ClN5O/c20-15-4-5-16-17(12-15)21-14-22-19(16)25-9-3-6-23(10-11-25)13-18(26)24-7-1-2-8-24/h4-5,12,14H,1-3,6-11,13H2. The van der Waals surface area contributed by atoms with E-state index in [9.17, 15) is 4.79 Å². The number of likely N-dealkylation sites (tertiary alicyclic amines) is 1. The second kappa shape index (κ2) is 7.76. The summed E-state index contributed by atoms with van der Waals surface area (Å²) in [6.07, 6.45) is 4.91. The van der Waals surface area contributed by atoms with Crippen LogP contribution in [0.5, 0.6) is 0 Å². The van der Waals surface area contributed by atoms with Crippen LogP contribution in [-0.2, 0) is 4.79 Å². The lowest BCUT2D eigenvalue weighted by Gasteiger charge is -2.24. The van der Waals surface area contributed by atoms with Gasteiger partial charge in [0.15, 0.2) is 0 Å². The number of carbonyl (C=O) groups is 1. The van der Waals surface area contributed by atoms with Gasteiger partial charge in [-0.1, -0.05) is 11.6 Å². The van der Waals surface area contributed by atoms with Crippen molar-refractivity contribution in [2.75, 3.05) is 50.7 Å². The van der Waals surface area contributed by atoms with Crippen LogP contribution in [0, 0.1) is 0 Å². The Hall–Kier alpha value is -1.92. The molecule has 3 heterocycles. The Morgan fingerprint density at radius 1 is 1.00 bits per heavy atom. The van der Waals surface area contributed by atoms with E-state index in [0.29, 0.717) is 11.6 Å². The summed E-state index contributed by atoms with van der Waals surface area (Å²) in [4.78, 5) is 27.9. The van der Waals surface area contributed by atoms with E-state index in [2.05, 4.69) is 19.8 Å². The molecule has 4 rings (SSSR count).